The maximum Gasteiger partial charge on any atom is 0.330 e. The van der Waals surface area contributed by atoms with Gasteiger partial charge in [0, 0.05) is 5.57 Å². The van der Waals surface area contributed by atoms with Crippen LogP contribution < -0.4 is 0 Å². The fraction of sp³-hybridized carbons (Fsp3) is 0.500. The Morgan fingerprint density at radius 3 is 2.70 bits per heavy atom. The molecular formula is C6H10B2O2. The number of rotatable bonds is 2. The van der Waals surface area contributed by atoms with Crippen LogP contribution in [-0.4, -0.2) is 26.0 Å². The highest BCUT2D eigenvalue weighted by Gasteiger charge is 2.17. The zero-order chi connectivity index (χ0) is 7.56. The molecule has 0 unspecified atom stereocenters. The van der Waals surface area contributed by atoms with E-state index in [-0.39, 0.29) is 0 Å². The molecule has 4 heteroatoms. The number of carboxylic acids is 1. The second-order valence-electron chi connectivity index (χ2n) is 2.59. The van der Waals surface area contributed by atoms with Gasteiger partial charge in [0.1, 0.15) is 7.17 Å². The smallest absolute Gasteiger partial charge is 0.330 e. The highest BCUT2D eigenvalue weighted by atomic mass is 16.4. The van der Waals surface area contributed by atoms with Crippen LogP contribution in [0.15, 0.2) is 11.0 Å². The lowest BCUT2D eigenvalue weighted by Crippen LogP contribution is -2.03. The van der Waals surface area contributed by atoms with Gasteiger partial charge in [-0.1, -0.05) is 0 Å². The molecule has 0 saturated heterocycles. The summed E-state index contributed by atoms with van der Waals surface area (Å²) in [5, 5.41) is 8.66. The Morgan fingerprint density at radius 1 is 1.60 bits per heavy atom. The van der Waals surface area contributed by atoms with Crippen LogP contribution in [0.3, 0.4) is 0 Å². The summed E-state index contributed by atoms with van der Waals surface area (Å²) in [6.07, 6.45) is 2.81. The van der Waals surface area contributed by atoms with E-state index in [1.54, 1.807) is 0 Å². The number of allylic oxidation sites excluding steroid dienone is 1. The summed E-state index contributed by atoms with van der Waals surface area (Å²) in [4.78, 5) is 10.5. The van der Waals surface area contributed by atoms with E-state index < -0.39 is 5.97 Å². The number of carboxylic acid groups (broad SMARTS) is 1. The zero-order valence-electron chi connectivity index (χ0n) is 6.18. The number of aliphatic carboxylic acids is 1. The van der Waals surface area contributed by atoms with Crippen molar-refractivity contribution in [3.63, 3.8) is 0 Å². The van der Waals surface area contributed by atoms with Crippen molar-refractivity contribution in [1.29, 1.82) is 0 Å². The predicted molar refractivity (Wildman–Crippen MR) is 44.2 cm³/mol. The molecule has 0 aliphatic heterocycles. The Labute approximate surface area is 61.9 Å². The van der Waals surface area contributed by atoms with Gasteiger partial charge < -0.3 is 5.11 Å². The summed E-state index contributed by atoms with van der Waals surface area (Å²) in [6, 6.07) is 0. The minimum Gasteiger partial charge on any atom is -0.478 e. The van der Waals surface area contributed by atoms with Crippen LogP contribution in [0, 0.1) is 0 Å². The topological polar surface area (TPSA) is 37.3 Å². The molecule has 0 saturated carbocycles. The summed E-state index contributed by atoms with van der Waals surface area (Å²) in [5.41, 5.74) is 1.81. The van der Waals surface area contributed by atoms with Crippen LogP contribution in [0.2, 0.25) is 0 Å². The molecule has 0 aromatic heterocycles. The van der Waals surface area contributed by atoms with Crippen LogP contribution >= 0.6 is 0 Å². The molecule has 52 valence electrons. The second kappa shape index (κ2) is 2.95. The predicted octanol–water partition coefficient (Wildman–Crippen LogP) is -0.506. The van der Waals surface area contributed by atoms with Crippen molar-refractivity contribution in [2.45, 2.75) is 19.3 Å². The lowest BCUT2D eigenvalue weighted by Gasteiger charge is -1.96. The first kappa shape index (κ1) is 7.45. The normalized spacial score (nSPS) is 17.6. The minimum atomic E-state index is -0.714. The summed E-state index contributed by atoms with van der Waals surface area (Å²) < 4.78 is 0. The van der Waals surface area contributed by atoms with E-state index in [0.29, 0.717) is 5.57 Å². The molecule has 0 heterocycles. The SMILES string of the molecule is BBC1=C(C(=O)O)CCC1. The maximum absolute atomic E-state index is 10.5. The van der Waals surface area contributed by atoms with Crippen LogP contribution in [-0.2, 0) is 4.79 Å². The summed E-state index contributed by atoms with van der Waals surface area (Å²) >= 11 is 0. The van der Waals surface area contributed by atoms with Crippen molar-refractivity contribution in [1.82, 2.24) is 0 Å². The van der Waals surface area contributed by atoms with Gasteiger partial charge in [0.2, 0.25) is 0 Å². The van der Waals surface area contributed by atoms with Crippen molar-refractivity contribution >= 4 is 20.9 Å². The summed E-state index contributed by atoms with van der Waals surface area (Å²) in [5.74, 6) is -0.714. The van der Waals surface area contributed by atoms with Crippen molar-refractivity contribution in [3.8, 4) is 0 Å². The van der Waals surface area contributed by atoms with Gasteiger partial charge in [0.15, 0.2) is 0 Å². The van der Waals surface area contributed by atoms with E-state index in [2.05, 4.69) is 0 Å². The molecule has 0 bridgehead atoms. The summed E-state index contributed by atoms with van der Waals surface area (Å²) in [7, 11) is 2.92. The number of hydrogen-bond acceptors (Lipinski definition) is 1. The van der Waals surface area contributed by atoms with Gasteiger partial charge >= 0.3 is 5.97 Å². The van der Waals surface area contributed by atoms with E-state index in [9.17, 15) is 4.79 Å². The molecule has 0 radical (unpaired) electrons. The van der Waals surface area contributed by atoms with Crippen molar-refractivity contribution < 1.29 is 9.90 Å². The molecule has 0 amide bonds. The highest BCUT2D eigenvalue weighted by molar-refractivity contribution is 6.94. The van der Waals surface area contributed by atoms with Crippen LogP contribution in [0.4, 0.5) is 0 Å². The van der Waals surface area contributed by atoms with E-state index in [0.717, 1.165) is 31.9 Å². The lowest BCUT2D eigenvalue weighted by molar-refractivity contribution is -0.132. The average Bonchev–Trinajstić information content (AvgIpc) is 2.33. The molecule has 0 atom stereocenters. The molecule has 1 N–H and O–H groups in total. The van der Waals surface area contributed by atoms with Crippen LogP contribution in [0.5, 0.6) is 0 Å². The number of carbonyl (C=O) groups is 1. The lowest BCUT2D eigenvalue weighted by atomic mass is 9.49. The van der Waals surface area contributed by atoms with E-state index in [1.807, 2.05) is 7.74 Å². The first-order valence-corrected chi connectivity index (χ1v) is 3.70. The highest BCUT2D eigenvalue weighted by Crippen LogP contribution is 2.24. The fourth-order valence-corrected chi connectivity index (χ4v) is 1.45. The zero-order valence-corrected chi connectivity index (χ0v) is 6.18. The standard InChI is InChI=1S/C6H10B2O2/c7-8-5-3-1-2-4(5)6(9)10/h8H,1-3,7H2,(H,9,10). The van der Waals surface area contributed by atoms with E-state index >= 15 is 0 Å². The molecule has 2 nitrogen and oxygen atoms in total. The largest absolute Gasteiger partial charge is 0.478 e. The first-order chi connectivity index (χ1) is 4.75. The van der Waals surface area contributed by atoms with Gasteiger partial charge in [-0.2, -0.15) is 0 Å². The quantitative estimate of drug-likeness (QED) is 0.519. The van der Waals surface area contributed by atoms with Crippen molar-refractivity contribution in [2.75, 3.05) is 0 Å². The molecule has 10 heavy (non-hydrogen) atoms. The fourth-order valence-electron chi connectivity index (χ4n) is 1.45. The maximum atomic E-state index is 10.5. The van der Waals surface area contributed by atoms with E-state index in [1.165, 1.54) is 0 Å². The monoisotopic (exact) mass is 136 g/mol. The van der Waals surface area contributed by atoms with Gasteiger partial charge in [-0.25, -0.2) is 4.79 Å². The van der Waals surface area contributed by atoms with Gasteiger partial charge in [0.25, 0.3) is 0 Å². The molecule has 0 fully saturated rings. The minimum absolute atomic E-state index is 0.669. The Balaban J connectivity index is 2.78. The Morgan fingerprint density at radius 2 is 2.30 bits per heavy atom. The third-order valence-corrected chi connectivity index (χ3v) is 2.02. The molecular weight excluding hydrogens is 126 g/mol. The van der Waals surface area contributed by atoms with Gasteiger partial charge in [0.05, 0.1) is 7.74 Å². The Bertz CT molecular complexity index is 186. The summed E-state index contributed by atoms with van der Waals surface area (Å²) in [6.45, 7) is 0. The van der Waals surface area contributed by atoms with Crippen LogP contribution in [0.1, 0.15) is 19.3 Å². The number of hydrogen-bond donors (Lipinski definition) is 1. The van der Waals surface area contributed by atoms with Gasteiger partial charge in [-0.05, 0) is 19.3 Å². The molecule has 1 aliphatic rings. The van der Waals surface area contributed by atoms with Gasteiger partial charge in [-0.15, -0.1) is 5.47 Å². The first-order valence-electron chi connectivity index (χ1n) is 3.70. The second-order valence-corrected chi connectivity index (χ2v) is 2.59. The van der Waals surface area contributed by atoms with Crippen molar-refractivity contribution in [2.24, 2.45) is 0 Å². The molecule has 0 aromatic rings. The Hall–Kier alpha value is -0.660. The molecule has 0 aromatic carbocycles. The Kier molecular flexibility index (Phi) is 2.20. The van der Waals surface area contributed by atoms with Crippen LogP contribution in [0.25, 0.3) is 0 Å². The molecule has 0 spiro atoms. The third kappa shape index (κ3) is 1.25. The van der Waals surface area contributed by atoms with Crippen molar-refractivity contribution in [3.05, 3.63) is 11.0 Å². The third-order valence-electron chi connectivity index (χ3n) is 2.02. The van der Waals surface area contributed by atoms with Gasteiger partial charge in [-0.3, -0.25) is 0 Å². The van der Waals surface area contributed by atoms with E-state index in [4.69, 9.17) is 5.11 Å². The molecule has 1 aliphatic carbocycles. The average molecular weight is 136 g/mol. The molecule has 1 rings (SSSR count).